The van der Waals surface area contributed by atoms with Gasteiger partial charge in [0.1, 0.15) is 6.04 Å². The lowest BCUT2D eigenvalue weighted by Gasteiger charge is -2.22. The third-order valence-electron chi connectivity index (χ3n) is 5.48. The van der Waals surface area contributed by atoms with E-state index in [2.05, 4.69) is 16.0 Å². The quantitative estimate of drug-likeness (QED) is 0.309. The van der Waals surface area contributed by atoms with E-state index in [0.29, 0.717) is 23.6 Å². The zero-order chi connectivity index (χ0) is 25.8. The number of carbonyl (C=O) groups is 3. The van der Waals surface area contributed by atoms with Crippen LogP contribution in [0.2, 0.25) is 5.02 Å². The first-order valence-electron chi connectivity index (χ1n) is 11.8. The molecule has 0 fully saturated rings. The van der Waals surface area contributed by atoms with E-state index in [-0.39, 0.29) is 17.7 Å². The molecule has 0 aliphatic carbocycles. The van der Waals surface area contributed by atoms with Gasteiger partial charge in [-0.1, -0.05) is 78.3 Å². The van der Waals surface area contributed by atoms with Crippen LogP contribution < -0.4 is 16.0 Å². The van der Waals surface area contributed by atoms with Gasteiger partial charge in [0.2, 0.25) is 5.91 Å². The number of halogens is 1. The van der Waals surface area contributed by atoms with E-state index < -0.39 is 12.1 Å². The Morgan fingerprint density at radius 1 is 0.833 bits per heavy atom. The largest absolute Gasteiger partial charge is 0.348 e. The van der Waals surface area contributed by atoms with Crippen LogP contribution in [0.1, 0.15) is 24.5 Å². The summed E-state index contributed by atoms with van der Waals surface area (Å²) in [6.07, 6.45) is 4.80. The van der Waals surface area contributed by atoms with Gasteiger partial charge in [0.05, 0.1) is 0 Å². The van der Waals surface area contributed by atoms with E-state index >= 15 is 0 Å². The van der Waals surface area contributed by atoms with Crippen molar-refractivity contribution in [3.8, 4) is 0 Å². The number of amides is 3. The molecule has 186 valence electrons. The van der Waals surface area contributed by atoms with Crippen LogP contribution in [0.5, 0.6) is 0 Å². The van der Waals surface area contributed by atoms with Crippen molar-refractivity contribution in [2.75, 3.05) is 5.32 Å². The maximum absolute atomic E-state index is 13.4. The zero-order valence-corrected chi connectivity index (χ0v) is 20.9. The molecule has 3 N–H and O–H groups in total. The molecule has 3 amide bonds. The van der Waals surface area contributed by atoms with Crippen molar-refractivity contribution in [3.05, 3.63) is 113 Å². The SMILES string of the molecule is CC(=O)/C=C/[C@H](CCc1ccccc1)NC(=O)[C@H](Cc1ccccc1)NC(=O)Nc1ccc(Cl)cc1. The Labute approximate surface area is 216 Å². The van der Waals surface area contributed by atoms with Gasteiger partial charge in [0.15, 0.2) is 5.78 Å². The number of ketones is 1. The van der Waals surface area contributed by atoms with E-state index in [9.17, 15) is 14.4 Å². The highest BCUT2D eigenvalue weighted by atomic mass is 35.5. The van der Waals surface area contributed by atoms with Crippen molar-refractivity contribution in [1.82, 2.24) is 10.6 Å². The highest BCUT2D eigenvalue weighted by Crippen LogP contribution is 2.14. The predicted molar refractivity (Wildman–Crippen MR) is 144 cm³/mol. The third-order valence-corrected chi connectivity index (χ3v) is 5.74. The predicted octanol–water partition coefficient (Wildman–Crippen LogP) is 5.34. The van der Waals surface area contributed by atoms with Crippen LogP contribution in [0.25, 0.3) is 0 Å². The molecule has 3 aromatic rings. The number of rotatable bonds is 11. The molecular formula is C29H30ClN3O3. The number of aryl methyl sites for hydroxylation is 1. The summed E-state index contributed by atoms with van der Waals surface area (Å²) in [5, 5.41) is 9.08. The molecule has 0 bridgehead atoms. The summed E-state index contributed by atoms with van der Waals surface area (Å²) in [6, 6.07) is 24.4. The summed E-state index contributed by atoms with van der Waals surface area (Å²) < 4.78 is 0. The monoisotopic (exact) mass is 503 g/mol. The first kappa shape index (κ1) is 26.7. The molecule has 0 aliphatic rings. The van der Waals surface area contributed by atoms with E-state index in [0.717, 1.165) is 17.5 Å². The molecule has 0 heterocycles. The maximum Gasteiger partial charge on any atom is 0.319 e. The lowest BCUT2D eigenvalue weighted by molar-refractivity contribution is -0.123. The Balaban J connectivity index is 1.72. The van der Waals surface area contributed by atoms with Crippen molar-refractivity contribution in [2.24, 2.45) is 0 Å². The summed E-state index contributed by atoms with van der Waals surface area (Å²) in [4.78, 5) is 37.6. The Hall–Kier alpha value is -3.90. The Kier molecular flexibility index (Phi) is 10.3. The minimum absolute atomic E-state index is 0.102. The third kappa shape index (κ3) is 9.39. The van der Waals surface area contributed by atoms with Gasteiger partial charge in [-0.2, -0.15) is 0 Å². The van der Waals surface area contributed by atoms with Crippen LogP contribution in [-0.2, 0) is 22.4 Å². The van der Waals surface area contributed by atoms with Crippen LogP contribution in [0.3, 0.4) is 0 Å². The summed E-state index contributed by atoms with van der Waals surface area (Å²) in [6.45, 7) is 1.47. The van der Waals surface area contributed by atoms with E-state index in [1.165, 1.54) is 13.0 Å². The van der Waals surface area contributed by atoms with Gasteiger partial charge in [0.25, 0.3) is 0 Å². The maximum atomic E-state index is 13.4. The Morgan fingerprint density at radius 3 is 2.06 bits per heavy atom. The average molecular weight is 504 g/mol. The van der Waals surface area contributed by atoms with Crippen LogP contribution in [0.15, 0.2) is 97.1 Å². The fraction of sp³-hybridized carbons (Fsp3) is 0.207. The topological polar surface area (TPSA) is 87.3 Å². The van der Waals surface area contributed by atoms with Crippen molar-refractivity contribution in [2.45, 2.75) is 38.3 Å². The number of allylic oxidation sites excluding steroid dienone is 1. The van der Waals surface area contributed by atoms with Crippen LogP contribution in [-0.4, -0.2) is 29.8 Å². The molecule has 7 heteroatoms. The molecule has 3 rings (SSSR count). The number of nitrogens with one attached hydrogen (secondary N) is 3. The van der Waals surface area contributed by atoms with Crippen molar-refractivity contribution >= 4 is 35.0 Å². The molecule has 0 aromatic heterocycles. The molecule has 36 heavy (non-hydrogen) atoms. The van der Waals surface area contributed by atoms with Gasteiger partial charge < -0.3 is 16.0 Å². The number of urea groups is 1. The van der Waals surface area contributed by atoms with E-state index in [4.69, 9.17) is 11.6 Å². The van der Waals surface area contributed by atoms with Crippen molar-refractivity contribution in [3.63, 3.8) is 0 Å². The van der Waals surface area contributed by atoms with Crippen LogP contribution >= 0.6 is 11.6 Å². The first-order valence-corrected chi connectivity index (χ1v) is 12.2. The first-order chi connectivity index (χ1) is 17.4. The molecule has 0 saturated heterocycles. The number of carbonyl (C=O) groups excluding carboxylic acids is 3. The Morgan fingerprint density at radius 2 is 1.44 bits per heavy atom. The van der Waals surface area contributed by atoms with Crippen molar-refractivity contribution in [1.29, 1.82) is 0 Å². The van der Waals surface area contributed by atoms with Gasteiger partial charge in [-0.15, -0.1) is 0 Å². The van der Waals surface area contributed by atoms with Gasteiger partial charge in [-0.3, -0.25) is 9.59 Å². The van der Waals surface area contributed by atoms with E-state index in [1.54, 1.807) is 30.3 Å². The molecule has 0 unspecified atom stereocenters. The standard InChI is InChI=1S/C29H30ClN3O3/c1-21(34)12-16-25(17-13-22-8-4-2-5-9-22)31-28(35)27(20-23-10-6-3-7-11-23)33-29(36)32-26-18-14-24(30)15-19-26/h2-12,14-16,18-19,25,27H,13,17,20H2,1H3,(H,31,35)(H2,32,33,36)/b16-12+/t25-,27+/m1/s1. The second kappa shape index (κ2) is 13.9. The van der Waals surface area contributed by atoms with Gasteiger partial charge in [0, 0.05) is 23.2 Å². The van der Waals surface area contributed by atoms with Gasteiger partial charge in [-0.05, 0) is 61.2 Å². The fourth-order valence-corrected chi connectivity index (χ4v) is 3.76. The average Bonchev–Trinajstić information content (AvgIpc) is 2.87. The smallest absolute Gasteiger partial charge is 0.319 e. The zero-order valence-electron chi connectivity index (χ0n) is 20.1. The molecule has 2 atom stereocenters. The number of anilines is 1. The molecule has 6 nitrogen and oxygen atoms in total. The fourth-order valence-electron chi connectivity index (χ4n) is 3.64. The van der Waals surface area contributed by atoms with Crippen LogP contribution in [0.4, 0.5) is 10.5 Å². The normalized spacial score (nSPS) is 12.5. The second-order valence-corrected chi connectivity index (χ2v) is 8.89. The molecule has 0 saturated carbocycles. The van der Waals surface area contributed by atoms with E-state index in [1.807, 2.05) is 60.7 Å². The van der Waals surface area contributed by atoms with Crippen LogP contribution in [0, 0.1) is 0 Å². The lowest BCUT2D eigenvalue weighted by atomic mass is 10.0. The summed E-state index contributed by atoms with van der Waals surface area (Å²) in [5.41, 5.74) is 2.60. The van der Waals surface area contributed by atoms with Gasteiger partial charge >= 0.3 is 6.03 Å². The lowest BCUT2D eigenvalue weighted by Crippen LogP contribution is -2.51. The summed E-state index contributed by atoms with van der Waals surface area (Å²) in [7, 11) is 0. The number of hydrogen-bond donors (Lipinski definition) is 3. The van der Waals surface area contributed by atoms with Gasteiger partial charge in [-0.25, -0.2) is 4.79 Å². The summed E-state index contributed by atoms with van der Waals surface area (Å²) >= 11 is 5.91. The number of hydrogen-bond acceptors (Lipinski definition) is 3. The number of benzene rings is 3. The highest BCUT2D eigenvalue weighted by molar-refractivity contribution is 6.30. The highest BCUT2D eigenvalue weighted by Gasteiger charge is 2.23. The molecular weight excluding hydrogens is 474 g/mol. The molecule has 0 spiro atoms. The molecule has 3 aromatic carbocycles. The summed E-state index contributed by atoms with van der Waals surface area (Å²) in [5.74, 6) is -0.438. The minimum Gasteiger partial charge on any atom is -0.348 e. The molecule has 0 aliphatic heterocycles. The molecule has 0 radical (unpaired) electrons. The van der Waals surface area contributed by atoms with Crippen molar-refractivity contribution < 1.29 is 14.4 Å². The second-order valence-electron chi connectivity index (χ2n) is 8.46. The Bertz CT molecular complexity index is 1170. The minimum atomic E-state index is -0.829.